The Labute approximate surface area is 78.2 Å². The number of fused-ring (bicyclic) bond motifs is 1. The molecule has 2 aliphatic rings. The molecule has 0 bridgehead atoms. The summed E-state index contributed by atoms with van der Waals surface area (Å²) in [5, 5.41) is 0. The third-order valence-electron chi connectivity index (χ3n) is 2.55. The minimum absolute atomic E-state index is 0.0255. The fourth-order valence-corrected chi connectivity index (χ4v) is 1.74. The van der Waals surface area contributed by atoms with E-state index < -0.39 is 0 Å². The van der Waals surface area contributed by atoms with Gasteiger partial charge in [0.25, 0.3) is 0 Å². The molecule has 0 fully saturated rings. The molecule has 1 heterocycles. The number of amides is 1. The first kappa shape index (κ1) is 8.30. The lowest BCUT2D eigenvalue weighted by atomic mass is 9.88. The Balaban J connectivity index is 2.37. The first-order valence-corrected chi connectivity index (χ1v) is 4.50. The van der Waals surface area contributed by atoms with Crippen molar-refractivity contribution in [1.82, 2.24) is 4.90 Å². The molecule has 0 radical (unpaired) electrons. The lowest BCUT2D eigenvalue weighted by molar-refractivity contribution is -0.131. The SMILES string of the molecule is CC1=CC2=CCN(C)C(=O)C2C=C1. The van der Waals surface area contributed by atoms with Crippen LogP contribution in [-0.4, -0.2) is 24.4 Å². The van der Waals surface area contributed by atoms with E-state index in [1.165, 1.54) is 5.57 Å². The van der Waals surface area contributed by atoms with Crippen LogP contribution in [0, 0.1) is 5.92 Å². The summed E-state index contributed by atoms with van der Waals surface area (Å²) in [5.74, 6) is 0.181. The van der Waals surface area contributed by atoms with Crippen LogP contribution in [0.3, 0.4) is 0 Å². The molecule has 0 saturated heterocycles. The molecular formula is C11H13NO. The molecule has 1 amide bonds. The second-order valence-corrected chi connectivity index (χ2v) is 3.65. The highest BCUT2D eigenvalue weighted by Crippen LogP contribution is 2.26. The van der Waals surface area contributed by atoms with E-state index in [1.807, 2.05) is 19.2 Å². The molecule has 0 aromatic rings. The predicted octanol–water partition coefficient (Wildman–Crippen LogP) is 1.52. The van der Waals surface area contributed by atoms with Crippen molar-refractivity contribution in [3.05, 3.63) is 35.5 Å². The van der Waals surface area contributed by atoms with E-state index in [0.29, 0.717) is 0 Å². The summed E-state index contributed by atoms with van der Waals surface area (Å²) in [6, 6.07) is 0. The topological polar surface area (TPSA) is 20.3 Å². The highest BCUT2D eigenvalue weighted by Gasteiger charge is 2.27. The summed E-state index contributed by atoms with van der Waals surface area (Å²) < 4.78 is 0. The van der Waals surface area contributed by atoms with Crippen LogP contribution >= 0.6 is 0 Å². The van der Waals surface area contributed by atoms with Crippen LogP contribution in [0.2, 0.25) is 0 Å². The quantitative estimate of drug-likeness (QED) is 0.546. The fourth-order valence-electron chi connectivity index (χ4n) is 1.74. The molecule has 13 heavy (non-hydrogen) atoms. The van der Waals surface area contributed by atoms with Gasteiger partial charge in [0.1, 0.15) is 0 Å². The molecule has 2 heteroatoms. The van der Waals surface area contributed by atoms with E-state index >= 15 is 0 Å². The van der Waals surface area contributed by atoms with Crippen LogP contribution in [0.15, 0.2) is 35.5 Å². The summed E-state index contributed by atoms with van der Waals surface area (Å²) >= 11 is 0. The number of allylic oxidation sites excluding steroid dienone is 3. The van der Waals surface area contributed by atoms with Gasteiger partial charge in [-0.05, 0) is 12.5 Å². The molecule has 0 spiro atoms. The first-order valence-electron chi connectivity index (χ1n) is 4.50. The average molecular weight is 175 g/mol. The van der Waals surface area contributed by atoms with Gasteiger partial charge in [0.15, 0.2) is 0 Å². The molecule has 1 atom stereocenters. The monoisotopic (exact) mass is 175 g/mol. The molecule has 1 unspecified atom stereocenters. The number of likely N-dealkylation sites (N-methyl/N-ethyl adjacent to an activating group) is 1. The number of nitrogens with zero attached hydrogens (tertiary/aromatic N) is 1. The van der Waals surface area contributed by atoms with Gasteiger partial charge in [0.2, 0.25) is 5.91 Å². The van der Waals surface area contributed by atoms with Gasteiger partial charge in [0, 0.05) is 13.6 Å². The molecule has 0 aromatic carbocycles. The largest absolute Gasteiger partial charge is 0.341 e. The summed E-state index contributed by atoms with van der Waals surface area (Å²) in [7, 11) is 1.84. The molecule has 2 rings (SSSR count). The number of rotatable bonds is 0. The van der Waals surface area contributed by atoms with E-state index in [0.717, 1.165) is 12.1 Å². The van der Waals surface area contributed by atoms with Crippen molar-refractivity contribution >= 4 is 5.91 Å². The van der Waals surface area contributed by atoms with Gasteiger partial charge in [-0.1, -0.05) is 29.9 Å². The highest BCUT2D eigenvalue weighted by molar-refractivity contribution is 5.86. The third-order valence-corrected chi connectivity index (χ3v) is 2.55. The Morgan fingerprint density at radius 1 is 1.54 bits per heavy atom. The van der Waals surface area contributed by atoms with Crippen molar-refractivity contribution in [2.24, 2.45) is 5.92 Å². The highest BCUT2D eigenvalue weighted by atomic mass is 16.2. The summed E-state index contributed by atoms with van der Waals surface area (Å²) in [6.45, 7) is 2.79. The smallest absolute Gasteiger partial charge is 0.233 e. The predicted molar refractivity (Wildman–Crippen MR) is 52.1 cm³/mol. The molecule has 1 aliphatic heterocycles. The zero-order valence-electron chi connectivity index (χ0n) is 7.95. The van der Waals surface area contributed by atoms with E-state index in [2.05, 4.69) is 19.1 Å². The van der Waals surface area contributed by atoms with Crippen LogP contribution in [0.25, 0.3) is 0 Å². The number of carbonyl (C=O) groups is 1. The molecule has 0 aromatic heterocycles. The summed E-state index contributed by atoms with van der Waals surface area (Å²) in [6.07, 6.45) is 8.22. The van der Waals surface area contributed by atoms with Gasteiger partial charge in [-0.15, -0.1) is 0 Å². The maximum atomic E-state index is 11.7. The van der Waals surface area contributed by atoms with Gasteiger partial charge in [-0.2, -0.15) is 0 Å². The zero-order valence-corrected chi connectivity index (χ0v) is 7.95. The standard InChI is InChI=1S/C11H13NO/c1-8-3-4-10-9(7-8)5-6-12(2)11(10)13/h3-5,7,10H,6H2,1-2H3. The minimum atomic E-state index is -0.0255. The molecule has 2 nitrogen and oxygen atoms in total. The van der Waals surface area contributed by atoms with E-state index in [9.17, 15) is 4.79 Å². The number of hydrogen-bond donors (Lipinski definition) is 0. The summed E-state index contributed by atoms with van der Waals surface area (Å²) in [5.41, 5.74) is 2.38. The van der Waals surface area contributed by atoms with Crippen LogP contribution in [0.1, 0.15) is 6.92 Å². The van der Waals surface area contributed by atoms with Gasteiger partial charge in [-0.25, -0.2) is 0 Å². The first-order chi connectivity index (χ1) is 6.18. The maximum absolute atomic E-state index is 11.7. The fraction of sp³-hybridized carbons (Fsp3) is 0.364. The van der Waals surface area contributed by atoms with E-state index in [-0.39, 0.29) is 11.8 Å². The van der Waals surface area contributed by atoms with Gasteiger partial charge < -0.3 is 4.90 Å². The Bertz CT molecular complexity index is 336. The van der Waals surface area contributed by atoms with Crippen molar-refractivity contribution in [1.29, 1.82) is 0 Å². The van der Waals surface area contributed by atoms with Crippen LogP contribution in [0.4, 0.5) is 0 Å². The van der Waals surface area contributed by atoms with Crippen molar-refractivity contribution in [3.8, 4) is 0 Å². The lowest BCUT2D eigenvalue weighted by Crippen LogP contribution is -2.37. The molecule has 68 valence electrons. The Kier molecular flexibility index (Phi) is 1.83. The van der Waals surface area contributed by atoms with Crippen LogP contribution in [0.5, 0.6) is 0 Å². The van der Waals surface area contributed by atoms with Gasteiger partial charge in [0.05, 0.1) is 5.92 Å². The second kappa shape index (κ2) is 2.87. The Hall–Kier alpha value is -1.31. The van der Waals surface area contributed by atoms with Crippen molar-refractivity contribution in [2.75, 3.05) is 13.6 Å². The molecule has 0 N–H and O–H groups in total. The molecule has 0 saturated carbocycles. The zero-order chi connectivity index (χ0) is 9.42. The van der Waals surface area contributed by atoms with Crippen LogP contribution in [-0.2, 0) is 4.79 Å². The second-order valence-electron chi connectivity index (χ2n) is 3.65. The van der Waals surface area contributed by atoms with E-state index in [4.69, 9.17) is 0 Å². The van der Waals surface area contributed by atoms with Crippen molar-refractivity contribution in [3.63, 3.8) is 0 Å². The van der Waals surface area contributed by atoms with Gasteiger partial charge >= 0.3 is 0 Å². The molecule has 1 aliphatic carbocycles. The maximum Gasteiger partial charge on any atom is 0.233 e. The summed E-state index contributed by atoms with van der Waals surface area (Å²) in [4.78, 5) is 13.4. The third kappa shape index (κ3) is 1.32. The van der Waals surface area contributed by atoms with Gasteiger partial charge in [-0.3, -0.25) is 4.79 Å². The van der Waals surface area contributed by atoms with Crippen molar-refractivity contribution in [2.45, 2.75) is 6.92 Å². The van der Waals surface area contributed by atoms with Crippen molar-refractivity contribution < 1.29 is 4.79 Å². The molecular weight excluding hydrogens is 162 g/mol. The number of hydrogen-bond acceptors (Lipinski definition) is 1. The Morgan fingerprint density at radius 2 is 2.31 bits per heavy atom. The Morgan fingerprint density at radius 3 is 3.08 bits per heavy atom. The lowest BCUT2D eigenvalue weighted by Gasteiger charge is -2.28. The number of carbonyl (C=O) groups excluding carboxylic acids is 1. The minimum Gasteiger partial charge on any atom is -0.341 e. The van der Waals surface area contributed by atoms with E-state index in [1.54, 1.807) is 4.90 Å². The normalized spacial score (nSPS) is 26.8. The van der Waals surface area contributed by atoms with Crippen LogP contribution < -0.4 is 0 Å². The average Bonchev–Trinajstić information content (AvgIpc) is 2.12.